The predicted octanol–water partition coefficient (Wildman–Crippen LogP) is 4.24. The molecule has 108 valence electrons. The fraction of sp³-hybridized carbons (Fsp3) is 0.571. The highest BCUT2D eigenvalue weighted by Gasteiger charge is 2.40. The van der Waals surface area contributed by atoms with Gasteiger partial charge >= 0.3 is 6.18 Å². The number of hydrogen-bond donors (Lipinski definition) is 1. The monoisotopic (exact) mass is 276 g/mol. The van der Waals surface area contributed by atoms with Gasteiger partial charge in [0.25, 0.3) is 0 Å². The Bertz CT molecular complexity index is 377. The van der Waals surface area contributed by atoms with Crippen LogP contribution in [0.15, 0.2) is 24.3 Å². The molecule has 1 aromatic carbocycles. The number of benzene rings is 1. The van der Waals surface area contributed by atoms with E-state index < -0.39 is 12.3 Å². The average molecular weight is 276 g/mol. The van der Waals surface area contributed by atoms with E-state index in [2.05, 4.69) is 6.92 Å². The Morgan fingerprint density at radius 3 is 2.47 bits per heavy atom. The second kappa shape index (κ2) is 7.38. The Kier molecular flexibility index (Phi) is 6.15. The highest BCUT2D eigenvalue weighted by molar-refractivity contribution is 5.35. The number of aliphatic hydroxyl groups is 1. The van der Waals surface area contributed by atoms with Crippen molar-refractivity contribution in [1.29, 1.82) is 0 Å². The fourth-order valence-corrected chi connectivity index (χ4v) is 1.73. The maximum absolute atomic E-state index is 12.5. The van der Waals surface area contributed by atoms with Crippen LogP contribution in [0.25, 0.3) is 0 Å². The molecule has 0 radical (unpaired) electrons. The Labute approximate surface area is 111 Å². The van der Waals surface area contributed by atoms with Crippen LogP contribution >= 0.6 is 0 Å². The standard InChI is InChI=1S/C14H19F3O2/c1-2-3-4-7-10-19-12-9-6-5-8-11(12)13(18)14(15,16)17/h5-6,8-9,13,18H,2-4,7,10H2,1H3. The summed E-state index contributed by atoms with van der Waals surface area (Å²) in [5, 5.41) is 9.27. The van der Waals surface area contributed by atoms with Crippen LogP contribution in [-0.4, -0.2) is 17.9 Å². The van der Waals surface area contributed by atoms with Gasteiger partial charge in [-0.25, -0.2) is 0 Å². The first-order valence-corrected chi connectivity index (χ1v) is 6.43. The van der Waals surface area contributed by atoms with Crippen LogP contribution in [0, 0.1) is 0 Å². The van der Waals surface area contributed by atoms with Gasteiger partial charge < -0.3 is 9.84 Å². The molecule has 0 aromatic heterocycles. The SMILES string of the molecule is CCCCCCOc1ccccc1C(O)C(F)(F)F. The van der Waals surface area contributed by atoms with Crippen molar-refractivity contribution in [1.82, 2.24) is 0 Å². The molecule has 0 aliphatic heterocycles. The first-order chi connectivity index (χ1) is 8.96. The third kappa shape index (κ3) is 5.11. The third-order valence-corrected chi connectivity index (χ3v) is 2.78. The summed E-state index contributed by atoms with van der Waals surface area (Å²) in [6.45, 7) is 2.44. The minimum Gasteiger partial charge on any atom is -0.493 e. The molecular weight excluding hydrogens is 257 g/mol. The Morgan fingerprint density at radius 1 is 1.16 bits per heavy atom. The maximum atomic E-state index is 12.5. The Balaban J connectivity index is 2.63. The summed E-state index contributed by atoms with van der Waals surface area (Å²) in [6, 6.07) is 5.73. The molecular formula is C14H19F3O2. The number of unbranched alkanes of at least 4 members (excludes halogenated alkanes) is 3. The zero-order chi connectivity index (χ0) is 14.3. The van der Waals surface area contributed by atoms with Crippen molar-refractivity contribution < 1.29 is 23.0 Å². The van der Waals surface area contributed by atoms with Crippen LogP contribution in [0.1, 0.15) is 44.3 Å². The van der Waals surface area contributed by atoms with Crippen molar-refractivity contribution in [3.63, 3.8) is 0 Å². The van der Waals surface area contributed by atoms with Crippen molar-refractivity contribution in [2.45, 2.75) is 44.9 Å². The lowest BCUT2D eigenvalue weighted by Crippen LogP contribution is -2.21. The lowest BCUT2D eigenvalue weighted by atomic mass is 10.1. The fourth-order valence-electron chi connectivity index (χ4n) is 1.73. The number of para-hydroxylation sites is 1. The Hall–Kier alpha value is -1.23. The number of aliphatic hydroxyl groups excluding tert-OH is 1. The summed E-state index contributed by atoms with van der Waals surface area (Å²) in [6.07, 6.45) is -3.23. The molecule has 5 heteroatoms. The van der Waals surface area contributed by atoms with Gasteiger partial charge in [0, 0.05) is 5.56 Å². The summed E-state index contributed by atoms with van der Waals surface area (Å²) >= 11 is 0. The number of rotatable bonds is 7. The van der Waals surface area contributed by atoms with Gasteiger partial charge in [0.05, 0.1) is 6.61 Å². The van der Waals surface area contributed by atoms with Gasteiger partial charge in [0.1, 0.15) is 5.75 Å². The van der Waals surface area contributed by atoms with Gasteiger partial charge in [-0.15, -0.1) is 0 Å². The topological polar surface area (TPSA) is 29.5 Å². The number of ether oxygens (including phenoxy) is 1. The van der Waals surface area contributed by atoms with Gasteiger partial charge in [0.15, 0.2) is 6.10 Å². The predicted molar refractivity (Wildman–Crippen MR) is 67.1 cm³/mol. The van der Waals surface area contributed by atoms with Crippen molar-refractivity contribution in [3.8, 4) is 5.75 Å². The van der Waals surface area contributed by atoms with Gasteiger partial charge in [-0.1, -0.05) is 44.4 Å². The minimum absolute atomic E-state index is 0.101. The van der Waals surface area contributed by atoms with E-state index in [9.17, 15) is 18.3 Å². The molecule has 0 saturated heterocycles. The van der Waals surface area contributed by atoms with Crippen LogP contribution in [0.2, 0.25) is 0 Å². The van der Waals surface area contributed by atoms with Crippen molar-refractivity contribution in [2.24, 2.45) is 0 Å². The molecule has 2 nitrogen and oxygen atoms in total. The zero-order valence-electron chi connectivity index (χ0n) is 10.9. The second-order valence-corrected chi connectivity index (χ2v) is 4.39. The molecule has 0 fully saturated rings. The quantitative estimate of drug-likeness (QED) is 0.755. The molecule has 1 atom stereocenters. The zero-order valence-corrected chi connectivity index (χ0v) is 10.9. The highest BCUT2D eigenvalue weighted by atomic mass is 19.4. The van der Waals surface area contributed by atoms with E-state index in [1.807, 2.05) is 0 Å². The van der Waals surface area contributed by atoms with E-state index in [0.29, 0.717) is 6.61 Å². The highest BCUT2D eigenvalue weighted by Crippen LogP contribution is 2.36. The molecule has 1 unspecified atom stereocenters. The number of alkyl halides is 3. The Morgan fingerprint density at radius 2 is 1.84 bits per heavy atom. The van der Waals surface area contributed by atoms with E-state index in [-0.39, 0.29) is 11.3 Å². The summed E-state index contributed by atoms with van der Waals surface area (Å²) < 4.78 is 42.8. The lowest BCUT2D eigenvalue weighted by molar-refractivity contribution is -0.207. The van der Waals surface area contributed by atoms with Crippen molar-refractivity contribution >= 4 is 0 Å². The average Bonchev–Trinajstić information content (AvgIpc) is 2.37. The maximum Gasteiger partial charge on any atom is 0.418 e. The van der Waals surface area contributed by atoms with Crippen molar-refractivity contribution in [3.05, 3.63) is 29.8 Å². The number of halogens is 3. The first-order valence-electron chi connectivity index (χ1n) is 6.43. The van der Waals surface area contributed by atoms with E-state index in [0.717, 1.165) is 25.7 Å². The van der Waals surface area contributed by atoms with E-state index in [1.54, 1.807) is 6.07 Å². The van der Waals surface area contributed by atoms with Gasteiger partial charge in [-0.05, 0) is 12.5 Å². The lowest BCUT2D eigenvalue weighted by Gasteiger charge is -2.18. The molecule has 0 aliphatic rings. The molecule has 0 spiro atoms. The molecule has 1 aromatic rings. The molecule has 1 rings (SSSR count). The molecule has 0 bridgehead atoms. The first kappa shape index (κ1) is 15.8. The van der Waals surface area contributed by atoms with E-state index >= 15 is 0 Å². The van der Waals surface area contributed by atoms with Gasteiger partial charge in [0.2, 0.25) is 0 Å². The second-order valence-electron chi connectivity index (χ2n) is 4.39. The van der Waals surface area contributed by atoms with Crippen LogP contribution in [0.5, 0.6) is 5.75 Å². The van der Waals surface area contributed by atoms with Crippen molar-refractivity contribution in [2.75, 3.05) is 6.61 Å². The third-order valence-electron chi connectivity index (χ3n) is 2.78. The minimum atomic E-state index is -4.68. The summed E-state index contributed by atoms with van der Waals surface area (Å²) in [5.74, 6) is 0.101. The van der Waals surface area contributed by atoms with Gasteiger partial charge in [-0.2, -0.15) is 13.2 Å². The molecule has 0 aliphatic carbocycles. The molecule has 0 heterocycles. The van der Waals surface area contributed by atoms with E-state index in [4.69, 9.17) is 4.74 Å². The molecule has 1 N–H and O–H groups in total. The van der Waals surface area contributed by atoms with Crippen LogP contribution in [0.4, 0.5) is 13.2 Å². The summed E-state index contributed by atoms with van der Waals surface area (Å²) in [4.78, 5) is 0. The van der Waals surface area contributed by atoms with Gasteiger partial charge in [-0.3, -0.25) is 0 Å². The van der Waals surface area contributed by atoms with E-state index in [1.165, 1.54) is 18.2 Å². The molecule has 0 saturated carbocycles. The largest absolute Gasteiger partial charge is 0.493 e. The summed E-state index contributed by atoms with van der Waals surface area (Å²) in [5.41, 5.74) is -0.231. The van der Waals surface area contributed by atoms with Crippen LogP contribution < -0.4 is 4.74 Å². The van der Waals surface area contributed by atoms with Crippen LogP contribution in [0.3, 0.4) is 0 Å². The number of hydrogen-bond acceptors (Lipinski definition) is 2. The summed E-state index contributed by atoms with van der Waals surface area (Å²) in [7, 11) is 0. The molecule has 0 amide bonds. The normalized spacial score (nSPS) is 13.3. The smallest absolute Gasteiger partial charge is 0.418 e. The van der Waals surface area contributed by atoms with Crippen LogP contribution in [-0.2, 0) is 0 Å². The molecule has 19 heavy (non-hydrogen) atoms.